The van der Waals surface area contributed by atoms with E-state index in [-0.39, 0.29) is 6.54 Å². The summed E-state index contributed by atoms with van der Waals surface area (Å²) < 4.78 is 5.34. The number of methoxy groups -OCH3 is 1. The number of nitrogens with zero attached hydrogens (tertiary/aromatic N) is 1. The minimum atomic E-state index is -0.819. The van der Waals surface area contributed by atoms with Crippen molar-refractivity contribution in [3.63, 3.8) is 0 Å². The van der Waals surface area contributed by atoms with Crippen LogP contribution in [0.1, 0.15) is 5.56 Å². The van der Waals surface area contributed by atoms with Gasteiger partial charge in [0.25, 0.3) is 0 Å². The number of benzene rings is 2. The smallest absolute Gasteiger partial charge is 0.317 e. The van der Waals surface area contributed by atoms with Crippen molar-refractivity contribution in [2.75, 3.05) is 20.7 Å². The van der Waals surface area contributed by atoms with Crippen LogP contribution in [-0.4, -0.2) is 36.7 Å². The highest BCUT2D eigenvalue weighted by molar-refractivity contribution is 5.91. The van der Waals surface area contributed by atoms with Crippen LogP contribution in [0, 0.1) is 0 Å². The molecule has 0 aliphatic rings. The fourth-order valence-corrected chi connectivity index (χ4v) is 2.23. The van der Waals surface area contributed by atoms with Gasteiger partial charge in [-0.3, -0.25) is 9.69 Å². The molecule has 2 rings (SSSR count). The first-order valence-electron chi connectivity index (χ1n) is 6.06. The average molecular weight is 259 g/mol. The van der Waals surface area contributed by atoms with Crippen molar-refractivity contribution in [3.05, 3.63) is 42.0 Å². The molecule has 2 aromatic carbocycles. The number of ether oxygens (including phenoxy) is 1. The molecule has 0 unspecified atom stereocenters. The number of aliphatic carboxylic acids is 1. The number of likely N-dealkylation sites (N-methyl/N-ethyl adjacent to an activating group) is 1. The molecule has 2 aromatic rings. The molecule has 0 aliphatic carbocycles. The first-order chi connectivity index (χ1) is 9.11. The molecule has 100 valence electrons. The first-order valence-corrected chi connectivity index (χ1v) is 6.06. The number of carboxylic acid groups (broad SMARTS) is 1. The van der Waals surface area contributed by atoms with Crippen molar-refractivity contribution < 1.29 is 14.6 Å². The number of fused-ring (bicyclic) bond motifs is 1. The van der Waals surface area contributed by atoms with Crippen LogP contribution >= 0.6 is 0 Å². The molecule has 4 nitrogen and oxygen atoms in total. The Kier molecular flexibility index (Phi) is 4.02. The van der Waals surface area contributed by atoms with E-state index >= 15 is 0 Å². The SMILES string of the molecule is COc1ccc(CN(C)CC(=O)O)c2ccccc12. The minimum absolute atomic E-state index is 0.0281. The van der Waals surface area contributed by atoms with Gasteiger partial charge < -0.3 is 9.84 Å². The number of rotatable bonds is 5. The molecule has 0 bridgehead atoms. The quantitative estimate of drug-likeness (QED) is 0.895. The second kappa shape index (κ2) is 5.71. The Balaban J connectivity index is 2.36. The lowest BCUT2D eigenvalue weighted by Gasteiger charge is -2.16. The third-order valence-electron chi connectivity index (χ3n) is 3.04. The van der Waals surface area contributed by atoms with Crippen LogP contribution in [0.3, 0.4) is 0 Å². The summed E-state index contributed by atoms with van der Waals surface area (Å²) >= 11 is 0. The van der Waals surface area contributed by atoms with E-state index in [0.717, 1.165) is 22.1 Å². The standard InChI is InChI=1S/C15H17NO3/c1-16(10-15(17)18)9-11-7-8-14(19-2)13-6-4-3-5-12(11)13/h3-8H,9-10H2,1-2H3,(H,17,18). The summed E-state index contributed by atoms with van der Waals surface area (Å²) in [5, 5.41) is 10.9. The summed E-state index contributed by atoms with van der Waals surface area (Å²) in [6, 6.07) is 11.9. The topological polar surface area (TPSA) is 49.8 Å². The van der Waals surface area contributed by atoms with Crippen molar-refractivity contribution in [2.24, 2.45) is 0 Å². The van der Waals surface area contributed by atoms with E-state index in [4.69, 9.17) is 9.84 Å². The van der Waals surface area contributed by atoms with Crippen LogP contribution in [-0.2, 0) is 11.3 Å². The van der Waals surface area contributed by atoms with Crippen LogP contribution < -0.4 is 4.74 Å². The van der Waals surface area contributed by atoms with Gasteiger partial charge in [0, 0.05) is 11.9 Å². The van der Waals surface area contributed by atoms with Gasteiger partial charge in [0.15, 0.2) is 0 Å². The highest BCUT2D eigenvalue weighted by Gasteiger charge is 2.09. The molecule has 19 heavy (non-hydrogen) atoms. The molecule has 0 radical (unpaired) electrons. The molecule has 0 spiro atoms. The van der Waals surface area contributed by atoms with E-state index in [2.05, 4.69) is 0 Å². The zero-order valence-corrected chi connectivity index (χ0v) is 11.1. The number of carbonyl (C=O) groups is 1. The van der Waals surface area contributed by atoms with Gasteiger partial charge in [0.2, 0.25) is 0 Å². The maximum Gasteiger partial charge on any atom is 0.317 e. The summed E-state index contributed by atoms with van der Waals surface area (Å²) in [6.45, 7) is 0.622. The summed E-state index contributed by atoms with van der Waals surface area (Å²) in [5.74, 6) is 0.0144. The van der Waals surface area contributed by atoms with Crippen LogP contribution in [0.2, 0.25) is 0 Å². The van der Waals surface area contributed by atoms with Gasteiger partial charge in [-0.25, -0.2) is 0 Å². The van der Waals surface area contributed by atoms with Crippen molar-refractivity contribution in [1.29, 1.82) is 0 Å². The molecule has 4 heteroatoms. The number of carboxylic acids is 1. The third kappa shape index (κ3) is 3.03. The number of hydrogen-bond acceptors (Lipinski definition) is 3. The molecule has 0 aliphatic heterocycles. The molecular formula is C15H17NO3. The van der Waals surface area contributed by atoms with Crippen molar-refractivity contribution >= 4 is 16.7 Å². The Hall–Kier alpha value is -2.07. The molecular weight excluding hydrogens is 242 g/mol. The monoisotopic (exact) mass is 259 g/mol. The molecule has 0 heterocycles. The van der Waals surface area contributed by atoms with Gasteiger partial charge in [-0.05, 0) is 24.1 Å². The molecule has 0 atom stereocenters. The summed E-state index contributed by atoms with van der Waals surface area (Å²) in [7, 11) is 3.45. The van der Waals surface area contributed by atoms with E-state index in [0.29, 0.717) is 6.54 Å². The van der Waals surface area contributed by atoms with Crippen molar-refractivity contribution in [3.8, 4) is 5.75 Å². The predicted octanol–water partition coefficient (Wildman–Crippen LogP) is 2.36. The fraction of sp³-hybridized carbons (Fsp3) is 0.267. The second-order valence-electron chi connectivity index (χ2n) is 4.54. The molecule has 0 saturated carbocycles. The second-order valence-corrected chi connectivity index (χ2v) is 4.54. The summed E-state index contributed by atoms with van der Waals surface area (Å²) in [5.41, 5.74) is 1.10. The van der Waals surface area contributed by atoms with Crippen molar-refractivity contribution in [1.82, 2.24) is 4.90 Å². The zero-order chi connectivity index (χ0) is 13.8. The minimum Gasteiger partial charge on any atom is -0.496 e. The zero-order valence-electron chi connectivity index (χ0n) is 11.1. The lowest BCUT2D eigenvalue weighted by molar-refractivity contribution is -0.138. The van der Waals surface area contributed by atoms with E-state index < -0.39 is 5.97 Å². The van der Waals surface area contributed by atoms with E-state index in [1.807, 2.05) is 36.4 Å². The lowest BCUT2D eigenvalue weighted by Crippen LogP contribution is -2.25. The van der Waals surface area contributed by atoms with Crippen LogP contribution in [0.25, 0.3) is 10.8 Å². The Morgan fingerprint density at radius 1 is 1.21 bits per heavy atom. The summed E-state index contributed by atoms with van der Waals surface area (Å²) in [4.78, 5) is 12.5. The molecule has 0 fully saturated rings. The van der Waals surface area contributed by atoms with Crippen LogP contribution in [0.4, 0.5) is 0 Å². The molecule has 0 amide bonds. The van der Waals surface area contributed by atoms with Gasteiger partial charge in [-0.2, -0.15) is 0 Å². The molecule has 0 saturated heterocycles. The number of hydrogen-bond donors (Lipinski definition) is 1. The lowest BCUT2D eigenvalue weighted by atomic mass is 10.0. The maximum absolute atomic E-state index is 10.7. The normalized spacial score (nSPS) is 10.9. The van der Waals surface area contributed by atoms with Gasteiger partial charge >= 0.3 is 5.97 Å². The van der Waals surface area contributed by atoms with Crippen LogP contribution in [0.5, 0.6) is 5.75 Å². The van der Waals surface area contributed by atoms with E-state index in [1.165, 1.54) is 0 Å². The third-order valence-corrected chi connectivity index (χ3v) is 3.04. The Labute approximate surface area is 112 Å². The van der Waals surface area contributed by atoms with Gasteiger partial charge in [-0.15, -0.1) is 0 Å². The van der Waals surface area contributed by atoms with E-state index in [9.17, 15) is 4.79 Å². The van der Waals surface area contributed by atoms with Gasteiger partial charge in [0.05, 0.1) is 13.7 Å². The maximum atomic E-state index is 10.7. The molecule has 1 N–H and O–H groups in total. The van der Waals surface area contributed by atoms with Crippen LogP contribution in [0.15, 0.2) is 36.4 Å². The Bertz CT molecular complexity index is 595. The average Bonchev–Trinajstić information content (AvgIpc) is 2.38. The largest absolute Gasteiger partial charge is 0.496 e. The van der Waals surface area contributed by atoms with Gasteiger partial charge in [-0.1, -0.05) is 30.3 Å². The highest BCUT2D eigenvalue weighted by Crippen LogP contribution is 2.28. The fourth-order valence-electron chi connectivity index (χ4n) is 2.23. The predicted molar refractivity (Wildman–Crippen MR) is 74.5 cm³/mol. The Morgan fingerprint density at radius 2 is 1.89 bits per heavy atom. The van der Waals surface area contributed by atoms with Gasteiger partial charge in [0.1, 0.15) is 5.75 Å². The highest BCUT2D eigenvalue weighted by atomic mass is 16.5. The van der Waals surface area contributed by atoms with E-state index in [1.54, 1.807) is 19.1 Å². The first kappa shape index (κ1) is 13.4. The van der Waals surface area contributed by atoms with Crippen molar-refractivity contribution in [2.45, 2.75) is 6.54 Å². The molecule has 0 aromatic heterocycles. The Morgan fingerprint density at radius 3 is 2.53 bits per heavy atom. The summed E-state index contributed by atoms with van der Waals surface area (Å²) in [6.07, 6.45) is 0.